The monoisotopic (exact) mass is 454 g/mol. The average Bonchev–Trinajstić information content (AvgIpc) is 3.24. The number of benzene rings is 3. The second-order valence-electron chi connectivity index (χ2n) is 7.94. The van der Waals surface area contributed by atoms with Crippen LogP contribution in [0.15, 0.2) is 66.7 Å². The summed E-state index contributed by atoms with van der Waals surface area (Å²) >= 11 is 0. The van der Waals surface area contributed by atoms with E-state index in [0.717, 1.165) is 15.4 Å². The fourth-order valence-electron chi connectivity index (χ4n) is 4.16. The third-order valence-electron chi connectivity index (χ3n) is 5.90. The number of hydrogen-bond acceptors (Lipinski definition) is 6. The fraction of sp³-hybridized carbons (Fsp3) is 0.115. The number of para-hydroxylation sites is 1. The van der Waals surface area contributed by atoms with E-state index in [1.54, 1.807) is 49.4 Å². The van der Waals surface area contributed by atoms with Gasteiger partial charge >= 0.3 is 5.97 Å². The van der Waals surface area contributed by atoms with E-state index in [1.807, 2.05) is 6.07 Å². The van der Waals surface area contributed by atoms with Gasteiger partial charge in [-0.25, -0.2) is 9.69 Å². The second-order valence-corrected chi connectivity index (χ2v) is 7.94. The first kappa shape index (κ1) is 21.3. The third-order valence-corrected chi connectivity index (χ3v) is 5.90. The fourth-order valence-corrected chi connectivity index (χ4v) is 4.16. The highest BCUT2D eigenvalue weighted by Gasteiger charge is 2.38. The normalized spacial score (nSPS) is 14.5. The number of amides is 4. The number of carbonyl (C=O) groups is 5. The maximum absolute atomic E-state index is 13.0. The van der Waals surface area contributed by atoms with Crippen LogP contribution in [0.4, 0.5) is 5.69 Å². The summed E-state index contributed by atoms with van der Waals surface area (Å²) < 4.78 is 5.24. The number of fused-ring (bicyclic) bond motifs is 2. The van der Waals surface area contributed by atoms with Crippen LogP contribution in [-0.2, 0) is 4.74 Å². The Hall–Kier alpha value is -4.59. The van der Waals surface area contributed by atoms with Crippen molar-refractivity contribution in [3.8, 4) is 0 Å². The number of rotatable bonds is 5. The minimum atomic E-state index is -0.728. The third kappa shape index (κ3) is 3.27. The van der Waals surface area contributed by atoms with Gasteiger partial charge in [-0.2, -0.15) is 0 Å². The minimum absolute atomic E-state index is 0.0916. The molecule has 0 saturated carbocycles. The van der Waals surface area contributed by atoms with E-state index in [4.69, 9.17) is 4.74 Å². The van der Waals surface area contributed by atoms with Crippen molar-refractivity contribution in [3.05, 3.63) is 100 Å². The van der Waals surface area contributed by atoms with Gasteiger partial charge in [0.05, 0.1) is 40.0 Å². The zero-order valence-electron chi connectivity index (χ0n) is 18.1. The highest BCUT2D eigenvalue weighted by Crippen LogP contribution is 2.31. The predicted octanol–water partition coefficient (Wildman–Crippen LogP) is 3.25. The van der Waals surface area contributed by atoms with Crippen LogP contribution in [-0.4, -0.2) is 47.6 Å². The lowest BCUT2D eigenvalue weighted by Gasteiger charge is -2.16. The molecular formula is C26H18N2O6. The van der Waals surface area contributed by atoms with Crippen LogP contribution in [0.1, 0.15) is 57.4 Å². The zero-order valence-corrected chi connectivity index (χ0v) is 18.1. The van der Waals surface area contributed by atoms with E-state index < -0.39 is 29.6 Å². The maximum atomic E-state index is 13.0. The number of carbonyl (C=O) groups excluding carboxylic acids is 5. The molecule has 5 rings (SSSR count). The Bertz CT molecular complexity index is 1370. The van der Waals surface area contributed by atoms with Gasteiger partial charge in [0.25, 0.3) is 23.6 Å². The van der Waals surface area contributed by atoms with Crippen LogP contribution in [0.25, 0.3) is 0 Å². The van der Waals surface area contributed by atoms with E-state index in [9.17, 15) is 24.0 Å². The lowest BCUT2D eigenvalue weighted by Crippen LogP contribution is -2.33. The first-order chi connectivity index (χ1) is 16.4. The standard InChI is InChI=1S/C26H18N2O6/c1-15-6-2-5-9-21(15)28-24(31)19-11-10-16(14-20(19)25(28)32)26(33)34-13-12-27-22(29)17-7-3-4-8-18(17)23(27)30/h2-11,14H,12-13H2,1H3. The molecule has 0 atom stereocenters. The lowest BCUT2D eigenvalue weighted by molar-refractivity contribution is 0.0420. The van der Waals surface area contributed by atoms with E-state index in [0.29, 0.717) is 16.8 Å². The number of ether oxygens (including phenoxy) is 1. The van der Waals surface area contributed by atoms with E-state index in [1.165, 1.54) is 18.2 Å². The van der Waals surface area contributed by atoms with Crippen LogP contribution < -0.4 is 4.90 Å². The van der Waals surface area contributed by atoms with Crippen LogP contribution in [0.2, 0.25) is 0 Å². The Kier molecular flexibility index (Phi) is 5.05. The Morgan fingerprint density at radius 2 is 1.32 bits per heavy atom. The van der Waals surface area contributed by atoms with Gasteiger partial charge in [0.2, 0.25) is 0 Å². The van der Waals surface area contributed by atoms with Crippen LogP contribution in [0, 0.1) is 6.92 Å². The van der Waals surface area contributed by atoms with Crippen molar-refractivity contribution < 1.29 is 28.7 Å². The Morgan fingerprint density at radius 3 is 2.00 bits per heavy atom. The molecule has 0 bridgehead atoms. The molecule has 0 N–H and O–H groups in total. The molecule has 0 unspecified atom stereocenters. The minimum Gasteiger partial charge on any atom is -0.460 e. The molecule has 0 aromatic heterocycles. The summed E-state index contributed by atoms with van der Waals surface area (Å²) in [6.07, 6.45) is 0. The molecule has 2 heterocycles. The molecule has 34 heavy (non-hydrogen) atoms. The number of nitrogens with zero attached hydrogens (tertiary/aromatic N) is 2. The van der Waals surface area contributed by atoms with Crippen molar-refractivity contribution in [1.29, 1.82) is 0 Å². The summed E-state index contributed by atoms with van der Waals surface area (Å²) in [5, 5.41) is 0. The van der Waals surface area contributed by atoms with Crippen molar-refractivity contribution >= 4 is 35.3 Å². The van der Waals surface area contributed by atoms with Gasteiger partial charge in [0.15, 0.2) is 0 Å². The summed E-state index contributed by atoms with van der Waals surface area (Å²) in [4.78, 5) is 65.3. The average molecular weight is 454 g/mol. The number of anilines is 1. The van der Waals surface area contributed by atoms with Crippen LogP contribution in [0.5, 0.6) is 0 Å². The molecule has 3 aromatic rings. The van der Waals surface area contributed by atoms with Crippen molar-refractivity contribution in [1.82, 2.24) is 4.90 Å². The molecule has 0 aliphatic carbocycles. The first-order valence-electron chi connectivity index (χ1n) is 10.6. The molecule has 2 aliphatic rings. The smallest absolute Gasteiger partial charge is 0.338 e. The molecule has 0 fully saturated rings. The zero-order chi connectivity index (χ0) is 24.0. The molecule has 0 spiro atoms. The van der Waals surface area contributed by atoms with Gasteiger partial charge in [-0.05, 0) is 48.9 Å². The summed E-state index contributed by atoms with van der Waals surface area (Å²) in [5.41, 5.74) is 2.30. The van der Waals surface area contributed by atoms with Gasteiger partial charge < -0.3 is 4.74 Å². The van der Waals surface area contributed by atoms with Crippen molar-refractivity contribution in [2.24, 2.45) is 0 Å². The highest BCUT2D eigenvalue weighted by atomic mass is 16.5. The Labute approximate surface area is 194 Å². The largest absolute Gasteiger partial charge is 0.460 e. The van der Waals surface area contributed by atoms with Crippen LogP contribution >= 0.6 is 0 Å². The van der Waals surface area contributed by atoms with Gasteiger partial charge in [-0.1, -0.05) is 30.3 Å². The number of esters is 1. The molecule has 168 valence electrons. The second kappa shape index (κ2) is 8.08. The molecule has 0 saturated heterocycles. The predicted molar refractivity (Wildman–Crippen MR) is 121 cm³/mol. The molecular weight excluding hydrogens is 436 g/mol. The van der Waals surface area contributed by atoms with E-state index in [-0.39, 0.29) is 29.8 Å². The lowest BCUT2D eigenvalue weighted by atomic mass is 10.1. The van der Waals surface area contributed by atoms with E-state index >= 15 is 0 Å². The molecule has 4 amide bonds. The molecule has 0 radical (unpaired) electrons. The first-order valence-corrected chi connectivity index (χ1v) is 10.6. The summed E-state index contributed by atoms with van der Waals surface area (Å²) in [6.45, 7) is 1.50. The summed E-state index contributed by atoms with van der Waals surface area (Å²) in [6, 6.07) is 17.7. The maximum Gasteiger partial charge on any atom is 0.338 e. The number of imide groups is 2. The number of aryl methyl sites for hydroxylation is 1. The molecule has 2 aliphatic heterocycles. The van der Waals surface area contributed by atoms with Gasteiger partial charge in [-0.15, -0.1) is 0 Å². The van der Waals surface area contributed by atoms with Gasteiger partial charge in [0.1, 0.15) is 6.61 Å². The topological polar surface area (TPSA) is 101 Å². The molecule has 3 aromatic carbocycles. The van der Waals surface area contributed by atoms with E-state index in [2.05, 4.69) is 0 Å². The Morgan fingerprint density at radius 1 is 0.735 bits per heavy atom. The van der Waals surface area contributed by atoms with Crippen LogP contribution in [0.3, 0.4) is 0 Å². The quantitative estimate of drug-likeness (QED) is 0.433. The molecule has 8 nitrogen and oxygen atoms in total. The summed E-state index contributed by atoms with van der Waals surface area (Å²) in [5.74, 6) is -2.58. The van der Waals surface area contributed by atoms with Gasteiger partial charge in [0, 0.05) is 0 Å². The van der Waals surface area contributed by atoms with Crippen molar-refractivity contribution in [2.45, 2.75) is 6.92 Å². The Balaban J connectivity index is 1.28. The SMILES string of the molecule is Cc1ccccc1N1C(=O)c2ccc(C(=O)OCCN3C(=O)c4ccccc4C3=O)cc2C1=O. The van der Waals surface area contributed by atoms with Crippen molar-refractivity contribution in [3.63, 3.8) is 0 Å². The van der Waals surface area contributed by atoms with Crippen molar-refractivity contribution in [2.75, 3.05) is 18.1 Å². The number of hydrogen-bond donors (Lipinski definition) is 0. The molecule has 8 heteroatoms. The highest BCUT2D eigenvalue weighted by molar-refractivity contribution is 6.35. The summed E-state index contributed by atoms with van der Waals surface area (Å²) in [7, 11) is 0. The van der Waals surface area contributed by atoms with Gasteiger partial charge in [-0.3, -0.25) is 24.1 Å².